The molecule has 0 amide bonds. The van der Waals surface area contributed by atoms with Crippen LogP contribution in [-0.2, 0) is 11.3 Å². The Morgan fingerprint density at radius 1 is 1.39 bits per heavy atom. The van der Waals surface area contributed by atoms with E-state index in [1.165, 1.54) is 12.1 Å². The zero-order chi connectivity index (χ0) is 13.0. The maximum Gasteiger partial charge on any atom is 0.123 e. The number of nitrogens with zero attached hydrogens (tertiary/aromatic N) is 1. The molecule has 18 heavy (non-hydrogen) atoms. The summed E-state index contributed by atoms with van der Waals surface area (Å²) >= 11 is 0. The van der Waals surface area contributed by atoms with Crippen LogP contribution in [0.5, 0.6) is 0 Å². The Morgan fingerprint density at radius 3 is 2.78 bits per heavy atom. The van der Waals surface area contributed by atoms with Crippen LogP contribution in [0.4, 0.5) is 4.39 Å². The molecule has 0 radical (unpaired) electrons. The van der Waals surface area contributed by atoms with Gasteiger partial charge in [0.05, 0.1) is 18.4 Å². The zero-order valence-electron chi connectivity index (χ0n) is 10.5. The van der Waals surface area contributed by atoms with E-state index in [0.717, 1.165) is 42.5 Å². The van der Waals surface area contributed by atoms with E-state index < -0.39 is 0 Å². The van der Waals surface area contributed by atoms with Gasteiger partial charge in [0.1, 0.15) is 5.82 Å². The van der Waals surface area contributed by atoms with Gasteiger partial charge in [0, 0.05) is 0 Å². The van der Waals surface area contributed by atoms with Crippen LogP contribution in [0.25, 0.3) is 0 Å². The van der Waals surface area contributed by atoms with Gasteiger partial charge in [-0.1, -0.05) is 11.2 Å². The molecular formula is C14H18FNO2. The van der Waals surface area contributed by atoms with Crippen LogP contribution >= 0.6 is 0 Å². The molecule has 2 rings (SSSR count). The molecule has 1 aromatic carbocycles. The predicted octanol–water partition coefficient (Wildman–Crippen LogP) is 3.42. The van der Waals surface area contributed by atoms with E-state index in [1.807, 2.05) is 6.92 Å². The molecule has 3 nitrogen and oxygen atoms in total. The van der Waals surface area contributed by atoms with Crippen molar-refractivity contribution in [2.45, 2.75) is 45.3 Å². The summed E-state index contributed by atoms with van der Waals surface area (Å²) in [4.78, 5) is 0. The molecule has 1 saturated carbocycles. The molecule has 0 heterocycles. The third kappa shape index (κ3) is 3.29. The standard InChI is InChI=1S/C14H18FNO2/c1-10-2-3-12(15)8-11(10)9-18-14-6-4-13(16-17)5-7-14/h2-3,8,14,17H,4-7,9H2,1H3. The Hall–Kier alpha value is -1.42. The van der Waals surface area contributed by atoms with Crippen molar-refractivity contribution in [1.29, 1.82) is 0 Å². The molecule has 1 fully saturated rings. The minimum atomic E-state index is -0.224. The van der Waals surface area contributed by atoms with Crippen LogP contribution in [0.15, 0.2) is 23.4 Å². The first kappa shape index (κ1) is 13.0. The molecule has 0 spiro atoms. The average molecular weight is 251 g/mol. The lowest BCUT2D eigenvalue weighted by atomic mass is 9.96. The van der Waals surface area contributed by atoms with Gasteiger partial charge in [-0.05, 0) is 55.9 Å². The second kappa shape index (κ2) is 5.96. The Morgan fingerprint density at radius 2 is 2.11 bits per heavy atom. The summed E-state index contributed by atoms with van der Waals surface area (Å²) in [6.45, 7) is 2.40. The summed E-state index contributed by atoms with van der Waals surface area (Å²) in [7, 11) is 0. The molecule has 0 atom stereocenters. The molecule has 0 saturated heterocycles. The Bertz CT molecular complexity index is 435. The van der Waals surface area contributed by atoms with Crippen molar-refractivity contribution in [2.75, 3.05) is 0 Å². The lowest BCUT2D eigenvalue weighted by Gasteiger charge is -2.23. The molecule has 1 aromatic rings. The molecule has 98 valence electrons. The lowest BCUT2D eigenvalue weighted by Crippen LogP contribution is -2.21. The van der Waals surface area contributed by atoms with Gasteiger partial charge in [-0.15, -0.1) is 0 Å². The summed E-state index contributed by atoms with van der Waals surface area (Å²) in [5.74, 6) is -0.224. The molecule has 0 unspecified atom stereocenters. The quantitative estimate of drug-likeness (QED) is 0.660. The van der Waals surface area contributed by atoms with Gasteiger partial charge >= 0.3 is 0 Å². The molecule has 0 bridgehead atoms. The topological polar surface area (TPSA) is 41.8 Å². The van der Waals surface area contributed by atoms with Crippen molar-refractivity contribution in [3.8, 4) is 0 Å². The van der Waals surface area contributed by atoms with Gasteiger partial charge in [-0.2, -0.15) is 0 Å². The molecule has 1 aliphatic rings. The van der Waals surface area contributed by atoms with Crippen LogP contribution in [0.1, 0.15) is 36.8 Å². The maximum absolute atomic E-state index is 13.1. The number of halogens is 1. The molecule has 0 aromatic heterocycles. The second-order valence-electron chi connectivity index (χ2n) is 4.75. The highest BCUT2D eigenvalue weighted by atomic mass is 19.1. The molecule has 4 heteroatoms. The summed E-state index contributed by atoms with van der Waals surface area (Å²) in [5, 5.41) is 11.9. The molecule has 1 N–H and O–H groups in total. The van der Waals surface area contributed by atoms with Gasteiger partial charge in [-0.3, -0.25) is 0 Å². The van der Waals surface area contributed by atoms with Gasteiger partial charge in [-0.25, -0.2) is 4.39 Å². The summed E-state index contributed by atoms with van der Waals surface area (Å²) in [6, 6.07) is 4.76. The number of hydrogen-bond acceptors (Lipinski definition) is 3. The van der Waals surface area contributed by atoms with Crippen LogP contribution in [0, 0.1) is 12.7 Å². The number of ether oxygens (including phenoxy) is 1. The van der Waals surface area contributed by atoms with Crippen molar-refractivity contribution < 1.29 is 14.3 Å². The largest absolute Gasteiger partial charge is 0.411 e. The van der Waals surface area contributed by atoms with Gasteiger partial charge in [0.2, 0.25) is 0 Å². The fourth-order valence-corrected chi connectivity index (χ4v) is 2.19. The minimum Gasteiger partial charge on any atom is -0.411 e. The van der Waals surface area contributed by atoms with Crippen molar-refractivity contribution >= 4 is 5.71 Å². The minimum absolute atomic E-state index is 0.179. The lowest BCUT2D eigenvalue weighted by molar-refractivity contribution is 0.0273. The summed E-state index contributed by atoms with van der Waals surface area (Å²) in [5.41, 5.74) is 2.79. The number of rotatable bonds is 3. The Balaban J connectivity index is 1.87. The molecular weight excluding hydrogens is 233 g/mol. The highest BCUT2D eigenvalue weighted by Crippen LogP contribution is 2.21. The zero-order valence-corrected chi connectivity index (χ0v) is 10.5. The number of benzene rings is 1. The van der Waals surface area contributed by atoms with E-state index >= 15 is 0 Å². The normalized spacial score (nSPS) is 19.9. The van der Waals surface area contributed by atoms with Crippen LogP contribution in [0.2, 0.25) is 0 Å². The fourth-order valence-electron chi connectivity index (χ4n) is 2.19. The SMILES string of the molecule is Cc1ccc(F)cc1COC1CCC(=NO)CC1. The van der Waals surface area contributed by atoms with Crippen molar-refractivity contribution in [1.82, 2.24) is 0 Å². The first-order valence-electron chi connectivity index (χ1n) is 6.25. The van der Waals surface area contributed by atoms with Gasteiger partial charge in [0.25, 0.3) is 0 Å². The third-order valence-corrected chi connectivity index (χ3v) is 3.44. The first-order valence-corrected chi connectivity index (χ1v) is 6.25. The Labute approximate surface area is 106 Å². The van der Waals surface area contributed by atoms with E-state index in [1.54, 1.807) is 6.07 Å². The van der Waals surface area contributed by atoms with Gasteiger partial charge in [0.15, 0.2) is 0 Å². The molecule has 0 aliphatic heterocycles. The second-order valence-corrected chi connectivity index (χ2v) is 4.75. The Kier molecular flexibility index (Phi) is 4.31. The van der Waals surface area contributed by atoms with E-state index in [9.17, 15) is 4.39 Å². The third-order valence-electron chi connectivity index (χ3n) is 3.44. The highest BCUT2D eigenvalue weighted by Gasteiger charge is 2.18. The highest BCUT2D eigenvalue weighted by molar-refractivity contribution is 5.84. The van der Waals surface area contributed by atoms with Gasteiger partial charge < -0.3 is 9.94 Å². The number of hydrogen-bond donors (Lipinski definition) is 1. The van der Waals surface area contributed by atoms with E-state index in [-0.39, 0.29) is 11.9 Å². The summed E-state index contributed by atoms with van der Waals surface area (Å²) in [6.07, 6.45) is 3.48. The molecule has 1 aliphatic carbocycles. The summed E-state index contributed by atoms with van der Waals surface area (Å²) < 4.78 is 18.9. The van der Waals surface area contributed by atoms with Crippen LogP contribution in [0.3, 0.4) is 0 Å². The fraction of sp³-hybridized carbons (Fsp3) is 0.500. The van der Waals surface area contributed by atoms with Crippen molar-refractivity contribution in [3.63, 3.8) is 0 Å². The van der Waals surface area contributed by atoms with Crippen molar-refractivity contribution in [2.24, 2.45) is 5.16 Å². The van der Waals surface area contributed by atoms with E-state index in [2.05, 4.69) is 5.16 Å². The van der Waals surface area contributed by atoms with Crippen LogP contribution in [-0.4, -0.2) is 17.0 Å². The monoisotopic (exact) mass is 251 g/mol. The smallest absolute Gasteiger partial charge is 0.123 e. The number of aryl methyl sites for hydroxylation is 1. The van der Waals surface area contributed by atoms with Crippen molar-refractivity contribution in [3.05, 3.63) is 35.1 Å². The van der Waals surface area contributed by atoms with Crippen LogP contribution < -0.4 is 0 Å². The predicted molar refractivity (Wildman–Crippen MR) is 67.4 cm³/mol. The van der Waals surface area contributed by atoms with E-state index in [4.69, 9.17) is 9.94 Å². The first-order chi connectivity index (χ1) is 8.69. The number of oxime groups is 1. The van der Waals surface area contributed by atoms with E-state index in [0.29, 0.717) is 6.61 Å². The maximum atomic E-state index is 13.1. The average Bonchev–Trinajstić information content (AvgIpc) is 2.40.